The van der Waals surface area contributed by atoms with Gasteiger partial charge >= 0.3 is 0 Å². The highest BCUT2D eigenvalue weighted by Gasteiger charge is 2.36. The molecule has 1 atom stereocenters. The maximum absolute atomic E-state index is 13.5. The highest BCUT2D eigenvalue weighted by atomic mass is 32.2. The van der Waals surface area contributed by atoms with Gasteiger partial charge in [-0.2, -0.15) is 9.40 Å². The minimum atomic E-state index is -3.64. The molecule has 7 heteroatoms. The minimum absolute atomic E-state index is 0.177. The van der Waals surface area contributed by atoms with Crippen molar-refractivity contribution in [2.45, 2.75) is 43.7 Å². The van der Waals surface area contributed by atoms with Crippen LogP contribution in [0.2, 0.25) is 0 Å². The molecule has 1 aromatic carbocycles. The van der Waals surface area contributed by atoms with Crippen molar-refractivity contribution in [3.05, 3.63) is 77.9 Å². The van der Waals surface area contributed by atoms with E-state index in [9.17, 15) is 8.42 Å². The summed E-state index contributed by atoms with van der Waals surface area (Å²) in [6.07, 6.45) is 7.83. The summed E-state index contributed by atoms with van der Waals surface area (Å²) in [4.78, 5) is 4.47. The SMILES string of the molecule is Cc1nn(Cc2ccccc2)cc1S(=O)(=O)N1CCCCC1c1cccnc1. The molecule has 0 aliphatic carbocycles. The highest BCUT2D eigenvalue weighted by molar-refractivity contribution is 7.89. The van der Waals surface area contributed by atoms with Gasteiger partial charge in [-0.15, -0.1) is 0 Å². The predicted molar refractivity (Wildman–Crippen MR) is 107 cm³/mol. The van der Waals surface area contributed by atoms with Gasteiger partial charge < -0.3 is 0 Å². The Balaban J connectivity index is 1.65. The summed E-state index contributed by atoms with van der Waals surface area (Å²) in [5.74, 6) is 0. The number of hydrogen-bond acceptors (Lipinski definition) is 4. The molecule has 2 aromatic heterocycles. The molecule has 3 aromatic rings. The molecule has 0 radical (unpaired) electrons. The molecule has 1 saturated heterocycles. The molecule has 0 amide bonds. The van der Waals surface area contributed by atoms with E-state index in [1.807, 2.05) is 42.5 Å². The van der Waals surface area contributed by atoms with Crippen molar-refractivity contribution in [1.82, 2.24) is 19.1 Å². The number of pyridine rings is 1. The van der Waals surface area contributed by atoms with Gasteiger partial charge in [-0.05, 0) is 37.0 Å². The van der Waals surface area contributed by atoms with Crippen LogP contribution in [0.15, 0.2) is 66.0 Å². The Morgan fingerprint density at radius 2 is 1.93 bits per heavy atom. The van der Waals surface area contributed by atoms with Crippen LogP contribution in [0, 0.1) is 6.92 Å². The maximum Gasteiger partial charge on any atom is 0.247 e. The van der Waals surface area contributed by atoms with Gasteiger partial charge in [0.1, 0.15) is 4.90 Å². The van der Waals surface area contributed by atoms with Gasteiger partial charge in [-0.3, -0.25) is 9.67 Å². The van der Waals surface area contributed by atoms with Crippen molar-refractivity contribution >= 4 is 10.0 Å². The summed E-state index contributed by atoms with van der Waals surface area (Å²) in [5, 5.41) is 4.46. The molecule has 0 spiro atoms. The number of sulfonamides is 1. The number of aromatic nitrogens is 3. The molecule has 1 unspecified atom stereocenters. The van der Waals surface area contributed by atoms with Gasteiger partial charge in [0.2, 0.25) is 10.0 Å². The van der Waals surface area contributed by atoms with Gasteiger partial charge in [-0.25, -0.2) is 8.42 Å². The Morgan fingerprint density at radius 3 is 2.68 bits per heavy atom. The van der Waals surface area contributed by atoms with Crippen LogP contribution < -0.4 is 0 Å². The Bertz CT molecular complexity index is 1030. The zero-order chi connectivity index (χ0) is 19.6. The third-order valence-corrected chi connectivity index (χ3v) is 7.21. The quantitative estimate of drug-likeness (QED) is 0.661. The van der Waals surface area contributed by atoms with Gasteiger partial charge in [0, 0.05) is 25.1 Å². The first-order valence-electron chi connectivity index (χ1n) is 9.55. The topological polar surface area (TPSA) is 68.1 Å². The van der Waals surface area contributed by atoms with Crippen LogP contribution in [0.5, 0.6) is 0 Å². The zero-order valence-corrected chi connectivity index (χ0v) is 16.7. The first kappa shape index (κ1) is 18.8. The summed E-state index contributed by atoms with van der Waals surface area (Å²) in [7, 11) is -3.64. The Kier molecular flexibility index (Phi) is 5.28. The molecule has 0 N–H and O–H groups in total. The molecule has 0 bridgehead atoms. The fourth-order valence-electron chi connectivity index (χ4n) is 3.83. The van der Waals surface area contributed by atoms with Crippen molar-refractivity contribution in [1.29, 1.82) is 0 Å². The third kappa shape index (κ3) is 3.72. The van der Waals surface area contributed by atoms with Crippen LogP contribution in [0.1, 0.15) is 42.1 Å². The molecule has 28 heavy (non-hydrogen) atoms. The Hall–Kier alpha value is -2.51. The number of benzene rings is 1. The molecule has 146 valence electrons. The smallest absolute Gasteiger partial charge is 0.247 e. The van der Waals surface area contributed by atoms with Gasteiger partial charge in [0.25, 0.3) is 0 Å². The summed E-state index contributed by atoms with van der Waals surface area (Å²) in [6.45, 7) is 2.83. The van der Waals surface area contributed by atoms with Gasteiger partial charge in [0.15, 0.2) is 0 Å². The van der Waals surface area contributed by atoms with E-state index in [-0.39, 0.29) is 6.04 Å². The maximum atomic E-state index is 13.5. The second kappa shape index (κ2) is 7.85. The number of rotatable bonds is 5. The first-order valence-corrected chi connectivity index (χ1v) is 11.0. The Labute approximate surface area is 165 Å². The lowest BCUT2D eigenvalue weighted by Gasteiger charge is -2.34. The molecule has 3 heterocycles. The molecule has 1 aliphatic heterocycles. The number of hydrogen-bond donors (Lipinski definition) is 0. The number of nitrogens with zero attached hydrogens (tertiary/aromatic N) is 4. The summed E-state index contributed by atoms with van der Waals surface area (Å²) in [6, 6.07) is 13.6. The van der Waals surface area contributed by atoms with E-state index >= 15 is 0 Å². The minimum Gasteiger partial charge on any atom is -0.267 e. The van der Waals surface area contributed by atoms with E-state index in [2.05, 4.69) is 10.1 Å². The second-order valence-corrected chi connectivity index (χ2v) is 9.03. The van der Waals surface area contributed by atoms with Crippen LogP contribution in [-0.2, 0) is 16.6 Å². The summed E-state index contributed by atoms with van der Waals surface area (Å²) < 4.78 is 30.4. The molecule has 6 nitrogen and oxygen atoms in total. The van der Waals surface area contributed by atoms with Gasteiger partial charge in [0.05, 0.1) is 18.3 Å². The van der Waals surface area contributed by atoms with E-state index in [1.54, 1.807) is 34.5 Å². The van der Waals surface area contributed by atoms with Crippen molar-refractivity contribution in [2.75, 3.05) is 6.54 Å². The van der Waals surface area contributed by atoms with Crippen LogP contribution in [0.3, 0.4) is 0 Å². The standard InChI is InChI=1S/C21H24N4O2S/c1-17-21(16-24(23-17)15-18-8-3-2-4-9-18)28(26,27)25-13-6-5-11-20(25)19-10-7-12-22-14-19/h2-4,7-10,12,14,16,20H,5-6,11,13,15H2,1H3. The normalized spacial score (nSPS) is 18.2. The number of aryl methyl sites for hydroxylation is 1. The van der Waals surface area contributed by atoms with Crippen LogP contribution in [-0.4, -0.2) is 34.0 Å². The largest absolute Gasteiger partial charge is 0.267 e. The monoisotopic (exact) mass is 396 g/mol. The van der Waals surface area contributed by atoms with Crippen molar-refractivity contribution in [3.8, 4) is 0 Å². The average molecular weight is 397 g/mol. The third-order valence-electron chi connectivity index (χ3n) is 5.20. The van der Waals surface area contributed by atoms with Crippen LogP contribution in [0.25, 0.3) is 0 Å². The van der Waals surface area contributed by atoms with E-state index in [0.717, 1.165) is 30.4 Å². The Morgan fingerprint density at radius 1 is 1.11 bits per heavy atom. The second-order valence-electron chi connectivity index (χ2n) is 7.18. The molecular weight excluding hydrogens is 372 g/mol. The highest BCUT2D eigenvalue weighted by Crippen LogP contribution is 2.35. The van der Waals surface area contributed by atoms with Crippen LogP contribution >= 0.6 is 0 Å². The molecule has 4 rings (SSSR count). The van der Waals surface area contributed by atoms with Crippen molar-refractivity contribution in [2.24, 2.45) is 0 Å². The summed E-state index contributed by atoms with van der Waals surface area (Å²) >= 11 is 0. The van der Waals surface area contributed by atoms with Crippen molar-refractivity contribution < 1.29 is 8.42 Å². The van der Waals surface area contributed by atoms with E-state index in [0.29, 0.717) is 23.7 Å². The molecular formula is C21H24N4O2S. The number of piperidine rings is 1. The van der Waals surface area contributed by atoms with E-state index < -0.39 is 10.0 Å². The summed E-state index contributed by atoms with van der Waals surface area (Å²) in [5.41, 5.74) is 2.56. The lowest BCUT2D eigenvalue weighted by molar-refractivity contribution is 0.255. The fraction of sp³-hybridized carbons (Fsp3) is 0.333. The lowest BCUT2D eigenvalue weighted by atomic mass is 9.99. The van der Waals surface area contributed by atoms with Crippen molar-refractivity contribution in [3.63, 3.8) is 0 Å². The molecule has 1 fully saturated rings. The van der Waals surface area contributed by atoms with Gasteiger partial charge in [-0.1, -0.05) is 42.8 Å². The fourth-order valence-corrected chi connectivity index (χ4v) is 5.68. The predicted octanol–water partition coefficient (Wildman–Crippen LogP) is 3.55. The zero-order valence-electron chi connectivity index (χ0n) is 15.9. The molecule has 0 saturated carbocycles. The first-order chi connectivity index (χ1) is 13.6. The molecule has 1 aliphatic rings. The lowest BCUT2D eigenvalue weighted by Crippen LogP contribution is -2.38. The average Bonchev–Trinajstić information content (AvgIpc) is 3.10. The van der Waals surface area contributed by atoms with E-state index in [1.165, 1.54) is 0 Å². The van der Waals surface area contributed by atoms with E-state index in [4.69, 9.17) is 0 Å². The van der Waals surface area contributed by atoms with Crippen LogP contribution in [0.4, 0.5) is 0 Å².